The van der Waals surface area contributed by atoms with E-state index in [4.69, 9.17) is 0 Å². The number of hydrogen-bond donors (Lipinski definition) is 1. The molecule has 0 aromatic heterocycles. The Bertz CT molecular complexity index is 246. The second-order valence-electron chi connectivity index (χ2n) is 5.63. The van der Waals surface area contributed by atoms with Gasteiger partial charge in [-0.1, -0.05) is 13.3 Å². The molecule has 0 aromatic carbocycles. The van der Waals surface area contributed by atoms with Gasteiger partial charge in [-0.3, -0.25) is 4.79 Å². The zero-order valence-electron chi connectivity index (χ0n) is 10.7. The van der Waals surface area contributed by atoms with Crippen molar-refractivity contribution in [2.75, 3.05) is 26.2 Å². The Morgan fingerprint density at radius 2 is 1.94 bits per heavy atom. The van der Waals surface area contributed by atoms with E-state index in [9.17, 15) is 4.79 Å². The van der Waals surface area contributed by atoms with Crippen LogP contribution in [0, 0.1) is 5.92 Å². The van der Waals surface area contributed by atoms with E-state index in [0.717, 1.165) is 38.1 Å². The Hall–Kier alpha value is -0.570. The molecule has 0 aromatic rings. The van der Waals surface area contributed by atoms with Gasteiger partial charge in [-0.05, 0) is 18.8 Å². The maximum atomic E-state index is 11.3. The predicted octanol–water partition coefficient (Wildman–Crippen LogP) is 0.312. The fourth-order valence-corrected chi connectivity index (χ4v) is 3.32. The van der Waals surface area contributed by atoms with Crippen LogP contribution in [-0.4, -0.2) is 43.0 Å². The first-order valence-electron chi connectivity index (χ1n) is 6.77. The van der Waals surface area contributed by atoms with Crippen LogP contribution in [0.4, 0.5) is 0 Å². The second-order valence-corrected chi connectivity index (χ2v) is 5.63. The molecule has 3 nitrogen and oxygen atoms in total. The first-order valence-corrected chi connectivity index (χ1v) is 6.77. The minimum absolute atomic E-state index is 0.246. The highest BCUT2D eigenvalue weighted by atomic mass is 16.2. The summed E-state index contributed by atoms with van der Waals surface area (Å²) in [5.74, 6) is 1.16. The Balaban J connectivity index is 1.81. The van der Waals surface area contributed by atoms with Crippen LogP contribution in [0.25, 0.3) is 0 Å². The quantitative estimate of drug-likeness (QED) is 0.683. The lowest BCUT2D eigenvalue weighted by molar-refractivity contribution is -0.930. The predicted molar refractivity (Wildman–Crippen MR) is 64.4 cm³/mol. The maximum Gasteiger partial charge on any atom is 0.219 e. The van der Waals surface area contributed by atoms with E-state index in [2.05, 4.69) is 6.92 Å². The van der Waals surface area contributed by atoms with Crippen molar-refractivity contribution in [1.82, 2.24) is 4.90 Å². The molecule has 1 aliphatic heterocycles. The average molecular weight is 225 g/mol. The van der Waals surface area contributed by atoms with Crippen LogP contribution in [0.2, 0.25) is 0 Å². The summed E-state index contributed by atoms with van der Waals surface area (Å²) < 4.78 is 0. The molecule has 3 heteroatoms. The van der Waals surface area contributed by atoms with Crippen LogP contribution in [0.3, 0.4) is 0 Å². The highest BCUT2D eigenvalue weighted by Crippen LogP contribution is 2.22. The second kappa shape index (κ2) is 5.17. The van der Waals surface area contributed by atoms with E-state index < -0.39 is 0 Å². The van der Waals surface area contributed by atoms with Crippen LogP contribution >= 0.6 is 0 Å². The highest BCUT2D eigenvalue weighted by Gasteiger charge is 2.31. The normalized spacial score (nSPS) is 32.8. The first kappa shape index (κ1) is 11.9. The molecule has 1 saturated heterocycles. The highest BCUT2D eigenvalue weighted by molar-refractivity contribution is 5.73. The molecule has 0 spiro atoms. The van der Waals surface area contributed by atoms with E-state index in [1.807, 2.05) is 4.90 Å². The largest absolute Gasteiger partial charge is 0.332 e. The summed E-state index contributed by atoms with van der Waals surface area (Å²) in [6.45, 7) is 8.34. The number of rotatable bonds is 1. The molecular weight excluding hydrogens is 200 g/mol. The average Bonchev–Trinajstić information content (AvgIpc) is 2.29. The number of hydrogen-bond acceptors (Lipinski definition) is 1. The summed E-state index contributed by atoms with van der Waals surface area (Å²) in [6, 6.07) is 0.873. The van der Waals surface area contributed by atoms with Crippen molar-refractivity contribution in [1.29, 1.82) is 0 Å². The van der Waals surface area contributed by atoms with Crippen molar-refractivity contribution in [2.45, 2.75) is 45.6 Å². The van der Waals surface area contributed by atoms with Gasteiger partial charge in [0.15, 0.2) is 0 Å². The third kappa shape index (κ3) is 2.76. The number of quaternary nitrogens is 1. The van der Waals surface area contributed by atoms with E-state index in [1.54, 1.807) is 11.8 Å². The SMILES string of the molecule is CC(=O)N1CC[NH+]([C@H]2CCC[C@H](C)C2)CC1. The molecule has 2 fully saturated rings. The zero-order chi connectivity index (χ0) is 11.5. The molecule has 2 aliphatic rings. The van der Waals surface area contributed by atoms with Crippen LogP contribution < -0.4 is 4.90 Å². The van der Waals surface area contributed by atoms with Gasteiger partial charge in [-0.25, -0.2) is 0 Å². The number of nitrogens with zero attached hydrogens (tertiary/aromatic N) is 1. The summed E-state index contributed by atoms with van der Waals surface area (Å²) in [7, 11) is 0. The third-order valence-corrected chi connectivity index (χ3v) is 4.36. The van der Waals surface area contributed by atoms with Gasteiger partial charge in [0.05, 0.1) is 32.2 Å². The van der Waals surface area contributed by atoms with E-state index in [-0.39, 0.29) is 5.91 Å². The number of amides is 1. The van der Waals surface area contributed by atoms with Crippen molar-refractivity contribution in [2.24, 2.45) is 5.92 Å². The summed E-state index contributed by atoms with van der Waals surface area (Å²) >= 11 is 0. The van der Waals surface area contributed by atoms with Crippen molar-refractivity contribution in [3.63, 3.8) is 0 Å². The van der Waals surface area contributed by atoms with Crippen LogP contribution in [0.1, 0.15) is 39.5 Å². The van der Waals surface area contributed by atoms with E-state index in [0.29, 0.717) is 0 Å². The van der Waals surface area contributed by atoms with Crippen LogP contribution in [0.5, 0.6) is 0 Å². The lowest BCUT2D eigenvalue weighted by atomic mass is 9.86. The Morgan fingerprint density at radius 3 is 2.50 bits per heavy atom. The molecule has 92 valence electrons. The lowest BCUT2D eigenvalue weighted by Crippen LogP contribution is -3.18. The molecule has 16 heavy (non-hydrogen) atoms. The molecule has 2 rings (SSSR count). The number of carbonyl (C=O) groups is 1. The fraction of sp³-hybridized carbons (Fsp3) is 0.923. The zero-order valence-corrected chi connectivity index (χ0v) is 10.7. The van der Waals surface area contributed by atoms with E-state index in [1.165, 1.54) is 25.7 Å². The Labute approximate surface area is 98.8 Å². The molecule has 2 atom stereocenters. The van der Waals surface area contributed by atoms with Crippen LogP contribution in [-0.2, 0) is 4.79 Å². The minimum atomic E-state index is 0.246. The van der Waals surface area contributed by atoms with E-state index >= 15 is 0 Å². The lowest BCUT2D eigenvalue weighted by Gasteiger charge is -2.39. The maximum absolute atomic E-state index is 11.3. The van der Waals surface area contributed by atoms with Crippen molar-refractivity contribution < 1.29 is 9.69 Å². The van der Waals surface area contributed by atoms with Crippen molar-refractivity contribution >= 4 is 5.91 Å². The van der Waals surface area contributed by atoms with Gasteiger partial charge in [0, 0.05) is 13.3 Å². The molecule has 1 aliphatic carbocycles. The van der Waals surface area contributed by atoms with Crippen LogP contribution in [0.15, 0.2) is 0 Å². The van der Waals surface area contributed by atoms with Gasteiger partial charge in [0.25, 0.3) is 0 Å². The molecular formula is C13H25N2O+. The number of carbonyl (C=O) groups excluding carboxylic acids is 1. The van der Waals surface area contributed by atoms with Gasteiger partial charge >= 0.3 is 0 Å². The van der Waals surface area contributed by atoms with Crippen molar-refractivity contribution in [3.05, 3.63) is 0 Å². The van der Waals surface area contributed by atoms with Gasteiger partial charge in [0.1, 0.15) is 0 Å². The minimum Gasteiger partial charge on any atom is -0.332 e. The molecule has 1 heterocycles. The topological polar surface area (TPSA) is 24.8 Å². The van der Waals surface area contributed by atoms with Gasteiger partial charge in [0.2, 0.25) is 5.91 Å². The molecule has 0 unspecified atom stereocenters. The molecule has 0 radical (unpaired) electrons. The Morgan fingerprint density at radius 1 is 1.25 bits per heavy atom. The number of piperazine rings is 1. The standard InChI is InChI=1S/C13H24N2O/c1-11-4-3-5-13(10-11)15-8-6-14(7-9-15)12(2)16/h11,13H,3-10H2,1-2H3/p+1/t11-,13-/m0/s1. The van der Waals surface area contributed by atoms with Gasteiger partial charge in [-0.2, -0.15) is 0 Å². The molecule has 1 amide bonds. The van der Waals surface area contributed by atoms with Gasteiger partial charge < -0.3 is 9.80 Å². The van der Waals surface area contributed by atoms with Crippen molar-refractivity contribution in [3.8, 4) is 0 Å². The molecule has 1 N–H and O–H groups in total. The summed E-state index contributed by atoms with van der Waals surface area (Å²) in [5, 5.41) is 0. The summed E-state index contributed by atoms with van der Waals surface area (Å²) in [6.07, 6.45) is 5.63. The van der Waals surface area contributed by atoms with Gasteiger partial charge in [-0.15, -0.1) is 0 Å². The third-order valence-electron chi connectivity index (χ3n) is 4.36. The number of nitrogens with one attached hydrogen (secondary N) is 1. The smallest absolute Gasteiger partial charge is 0.219 e. The Kier molecular flexibility index (Phi) is 3.85. The molecule has 1 saturated carbocycles. The fourth-order valence-electron chi connectivity index (χ4n) is 3.32. The molecule has 0 bridgehead atoms. The first-order chi connectivity index (χ1) is 7.66. The summed E-state index contributed by atoms with van der Waals surface area (Å²) in [5.41, 5.74) is 0. The summed E-state index contributed by atoms with van der Waals surface area (Å²) in [4.78, 5) is 15.0. The monoisotopic (exact) mass is 225 g/mol.